The molecule has 0 bridgehead atoms. The van der Waals surface area contributed by atoms with Crippen LogP contribution in [0.15, 0.2) is 48.5 Å². The van der Waals surface area contributed by atoms with Gasteiger partial charge in [-0.1, -0.05) is 58.0 Å². The highest BCUT2D eigenvalue weighted by Crippen LogP contribution is 2.26. The van der Waals surface area contributed by atoms with Gasteiger partial charge in [-0.2, -0.15) is 0 Å². The van der Waals surface area contributed by atoms with Gasteiger partial charge >= 0.3 is 0 Å². The molecule has 100 valence electrons. The summed E-state index contributed by atoms with van der Waals surface area (Å²) >= 11 is 0. The minimum absolute atomic E-state index is 0.208. The molecule has 0 heterocycles. The first-order valence-electron chi connectivity index (χ1n) is 6.96. The van der Waals surface area contributed by atoms with E-state index in [1.54, 1.807) is 0 Å². The molecule has 0 aromatic heterocycles. The van der Waals surface area contributed by atoms with Crippen molar-refractivity contribution < 1.29 is 0 Å². The molecule has 0 fully saturated rings. The summed E-state index contributed by atoms with van der Waals surface area (Å²) < 4.78 is 0. The summed E-state index contributed by atoms with van der Waals surface area (Å²) in [5, 5.41) is 3.50. The summed E-state index contributed by atoms with van der Waals surface area (Å²) in [6.45, 7) is 8.90. The third-order valence-electron chi connectivity index (χ3n) is 3.43. The second-order valence-electron chi connectivity index (χ2n) is 5.96. The number of hydrogen-bond acceptors (Lipinski definition) is 1. The number of hydrogen-bond donors (Lipinski definition) is 1. The molecule has 0 radical (unpaired) electrons. The predicted octanol–water partition coefficient (Wildman–Crippen LogP) is 5.29. The van der Waals surface area contributed by atoms with Crippen LogP contribution >= 0.6 is 0 Å². The summed E-state index contributed by atoms with van der Waals surface area (Å²) in [6.07, 6.45) is 1.04. The fourth-order valence-corrected chi connectivity index (χ4v) is 2.16. The van der Waals surface area contributed by atoms with Gasteiger partial charge in [-0.05, 0) is 41.2 Å². The van der Waals surface area contributed by atoms with Crippen molar-refractivity contribution in [2.75, 3.05) is 5.32 Å². The lowest BCUT2D eigenvalue weighted by Gasteiger charge is -2.19. The topological polar surface area (TPSA) is 12.0 Å². The third kappa shape index (κ3) is 3.37. The quantitative estimate of drug-likeness (QED) is 0.783. The summed E-state index contributed by atoms with van der Waals surface area (Å²) in [5.41, 5.74) is 5.27. The Morgan fingerprint density at radius 2 is 1.53 bits per heavy atom. The first kappa shape index (κ1) is 13.7. The van der Waals surface area contributed by atoms with Gasteiger partial charge in [-0.15, -0.1) is 0 Å². The fourth-order valence-electron chi connectivity index (χ4n) is 2.16. The van der Waals surface area contributed by atoms with E-state index in [1.807, 2.05) is 0 Å². The monoisotopic (exact) mass is 253 g/mol. The van der Waals surface area contributed by atoms with Crippen molar-refractivity contribution in [2.45, 2.75) is 39.5 Å². The zero-order valence-corrected chi connectivity index (χ0v) is 12.3. The van der Waals surface area contributed by atoms with Gasteiger partial charge in [0.15, 0.2) is 0 Å². The van der Waals surface area contributed by atoms with Crippen LogP contribution in [0, 0.1) is 0 Å². The Hall–Kier alpha value is -1.76. The first-order valence-corrected chi connectivity index (χ1v) is 6.96. The lowest BCUT2D eigenvalue weighted by Crippen LogP contribution is -2.10. The predicted molar refractivity (Wildman–Crippen MR) is 84.2 cm³/mol. The Bertz CT molecular complexity index is 532. The summed E-state index contributed by atoms with van der Waals surface area (Å²) in [4.78, 5) is 0. The number of rotatable bonds is 3. The molecule has 0 spiro atoms. The molecule has 0 aliphatic carbocycles. The Morgan fingerprint density at radius 3 is 2.11 bits per heavy atom. The van der Waals surface area contributed by atoms with Crippen molar-refractivity contribution in [1.29, 1.82) is 0 Å². The van der Waals surface area contributed by atoms with Gasteiger partial charge in [0.25, 0.3) is 0 Å². The Balaban J connectivity index is 2.20. The Morgan fingerprint density at radius 1 is 0.895 bits per heavy atom. The van der Waals surface area contributed by atoms with Gasteiger partial charge in [0, 0.05) is 11.4 Å². The van der Waals surface area contributed by atoms with Crippen molar-refractivity contribution in [2.24, 2.45) is 0 Å². The zero-order chi connectivity index (χ0) is 13.9. The van der Waals surface area contributed by atoms with Crippen LogP contribution in [0.25, 0.3) is 0 Å². The largest absolute Gasteiger partial charge is 0.355 e. The molecule has 1 N–H and O–H groups in total. The molecule has 0 aliphatic heterocycles. The number of benzene rings is 2. The number of anilines is 2. The molecule has 0 amide bonds. The van der Waals surface area contributed by atoms with Crippen molar-refractivity contribution in [3.8, 4) is 0 Å². The van der Waals surface area contributed by atoms with Crippen molar-refractivity contribution in [1.82, 2.24) is 0 Å². The van der Waals surface area contributed by atoms with Gasteiger partial charge in [0.05, 0.1) is 0 Å². The SMILES string of the molecule is CCc1ccccc1Nc1ccc(C(C)(C)C)cc1. The minimum Gasteiger partial charge on any atom is -0.355 e. The van der Waals surface area contributed by atoms with Gasteiger partial charge < -0.3 is 5.32 Å². The Kier molecular flexibility index (Phi) is 3.94. The summed E-state index contributed by atoms with van der Waals surface area (Å²) in [6, 6.07) is 17.2. The normalized spacial score (nSPS) is 11.4. The first-order chi connectivity index (χ1) is 9.00. The second kappa shape index (κ2) is 5.48. The highest BCUT2D eigenvalue weighted by Gasteiger charge is 2.12. The third-order valence-corrected chi connectivity index (χ3v) is 3.43. The van der Waals surface area contributed by atoms with E-state index >= 15 is 0 Å². The molecule has 19 heavy (non-hydrogen) atoms. The molecule has 2 aromatic carbocycles. The molecule has 0 unspecified atom stereocenters. The van der Waals surface area contributed by atoms with E-state index in [0.717, 1.165) is 12.1 Å². The maximum Gasteiger partial charge on any atom is 0.0416 e. The number of nitrogens with one attached hydrogen (secondary N) is 1. The molecule has 2 rings (SSSR count). The van der Waals surface area contributed by atoms with Crippen molar-refractivity contribution in [3.63, 3.8) is 0 Å². The minimum atomic E-state index is 0.208. The number of para-hydroxylation sites is 1. The van der Waals surface area contributed by atoms with Gasteiger partial charge in [0.1, 0.15) is 0 Å². The molecule has 1 heteroatoms. The van der Waals surface area contributed by atoms with Crippen LogP contribution in [0.4, 0.5) is 11.4 Å². The van der Waals surface area contributed by atoms with Crippen LogP contribution in [-0.4, -0.2) is 0 Å². The van der Waals surface area contributed by atoms with Crippen LogP contribution in [0.3, 0.4) is 0 Å². The van der Waals surface area contributed by atoms with Crippen molar-refractivity contribution in [3.05, 3.63) is 59.7 Å². The molecular weight excluding hydrogens is 230 g/mol. The average Bonchev–Trinajstić information content (AvgIpc) is 2.39. The van der Waals surface area contributed by atoms with E-state index in [0.29, 0.717) is 0 Å². The molecular formula is C18H23N. The van der Waals surface area contributed by atoms with Crippen LogP contribution < -0.4 is 5.32 Å². The molecule has 0 atom stereocenters. The van der Waals surface area contributed by atoms with Crippen LogP contribution in [0.2, 0.25) is 0 Å². The van der Waals surface area contributed by atoms with Gasteiger partial charge in [-0.3, -0.25) is 0 Å². The lowest BCUT2D eigenvalue weighted by atomic mass is 9.87. The molecule has 2 aromatic rings. The zero-order valence-electron chi connectivity index (χ0n) is 12.3. The highest BCUT2D eigenvalue weighted by molar-refractivity contribution is 5.63. The van der Waals surface area contributed by atoms with E-state index in [9.17, 15) is 0 Å². The molecule has 1 nitrogen and oxygen atoms in total. The fraction of sp³-hybridized carbons (Fsp3) is 0.333. The molecule has 0 saturated carbocycles. The second-order valence-corrected chi connectivity index (χ2v) is 5.96. The van der Waals surface area contributed by atoms with Gasteiger partial charge in [0.2, 0.25) is 0 Å². The standard InChI is InChI=1S/C18H23N/c1-5-14-8-6-7-9-17(14)19-16-12-10-15(11-13-16)18(2,3)4/h6-13,19H,5H2,1-4H3. The van der Waals surface area contributed by atoms with E-state index in [-0.39, 0.29) is 5.41 Å². The lowest BCUT2D eigenvalue weighted by molar-refractivity contribution is 0.590. The van der Waals surface area contributed by atoms with Crippen LogP contribution in [0.5, 0.6) is 0 Å². The van der Waals surface area contributed by atoms with Gasteiger partial charge in [-0.25, -0.2) is 0 Å². The maximum absolute atomic E-state index is 3.50. The van der Waals surface area contributed by atoms with Crippen molar-refractivity contribution >= 4 is 11.4 Å². The van der Waals surface area contributed by atoms with E-state index < -0.39 is 0 Å². The number of aryl methyl sites for hydroxylation is 1. The molecule has 0 aliphatic rings. The highest BCUT2D eigenvalue weighted by atomic mass is 14.9. The Labute approximate surface area is 116 Å². The van der Waals surface area contributed by atoms with Crippen LogP contribution in [-0.2, 0) is 11.8 Å². The van der Waals surface area contributed by atoms with E-state index in [1.165, 1.54) is 16.8 Å². The smallest absolute Gasteiger partial charge is 0.0416 e. The molecule has 0 saturated heterocycles. The average molecular weight is 253 g/mol. The van der Waals surface area contributed by atoms with Crippen LogP contribution in [0.1, 0.15) is 38.8 Å². The van der Waals surface area contributed by atoms with E-state index in [4.69, 9.17) is 0 Å². The maximum atomic E-state index is 3.50. The van der Waals surface area contributed by atoms with E-state index in [2.05, 4.69) is 81.5 Å². The summed E-state index contributed by atoms with van der Waals surface area (Å²) in [5.74, 6) is 0. The summed E-state index contributed by atoms with van der Waals surface area (Å²) in [7, 11) is 0.